The van der Waals surface area contributed by atoms with Crippen LogP contribution in [0.15, 0.2) is 155 Å². The number of amides is 8. The highest BCUT2D eigenvalue weighted by atomic mass is 127. The second kappa shape index (κ2) is 50.2. The molecule has 24 nitrogen and oxygen atoms in total. The number of carbonyl (C=O) groups excluding carboxylic acids is 8. The maximum atomic E-state index is 14.7. The van der Waals surface area contributed by atoms with Gasteiger partial charge in [0.05, 0.1) is 37.3 Å². The number of fused-ring (bicyclic) bond motifs is 2. The zero-order valence-electron chi connectivity index (χ0n) is 75.6. The number of carbonyl (C=O) groups is 8. The number of aromatic nitrogens is 2. The molecule has 6 heterocycles. The van der Waals surface area contributed by atoms with Crippen LogP contribution in [0, 0.1) is 39.3 Å². The van der Waals surface area contributed by atoms with Crippen molar-refractivity contribution in [2.45, 2.75) is 231 Å². The van der Waals surface area contributed by atoms with Crippen LogP contribution in [0.4, 0.5) is 20.2 Å². The first-order chi connectivity index (χ1) is 62.6. The van der Waals surface area contributed by atoms with Gasteiger partial charge in [0, 0.05) is 124 Å². The molecule has 2 aromatic heterocycles. The van der Waals surface area contributed by atoms with Gasteiger partial charge in [-0.15, -0.1) is 23.8 Å². The zero-order valence-corrected chi connectivity index (χ0v) is 79.0. The van der Waals surface area contributed by atoms with E-state index in [9.17, 15) is 56.7 Å². The molecule has 6 aliphatic rings. The number of rotatable bonds is 35. The van der Waals surface area contributed by atoms with E-state index >= 15 is 0 Å². The number of nitrogens with zero attached hydrogens (tertiary/aromatic N) is 7. The number of benzene rings is 6. The first kappa shape index (κ1) is 97.7. The van der Waals surface area contributed by atoms with Gasteiger partial charge in [0.2, 0.25) is 47.3 Å². The SMILES string of the molecule is Cc1cc(=O)n(C2CCC(=O)NC2=O)c2cc(OCCCCCCCCI)ccc12.Cc1ccccc1C(C(=O)NC1CCCCC1)N(C(=O)CN1CCN(CCCCCCCCOc2ccc3c(C)cc(=O)n(C4CCC(=O)NC4=O)c3c2)CC1)c1cccc(F)c1.Cc1ccccc1C(C(=O)NC1CCCCC1)N(C(=O)CN1CCNCC1)c1cccc(F)c1.[2H]I. The summed E-state index contributed by atoms with van der Waals surface area (Å²) in [6.07, 6.45) is 25.1. The highest BCUT2D eigenvalue weighted by Gasteiger charge is 2.40. The molecule has 0 spiro atoms. The lowest BCUT2D eigenvalue weighted by Gasteiger charge is -2.38. The summed E-state index contributed by atoms with van der Waals surface area (Å²) >= 11 is 3.82. The minimum absolute atomic E-state index is 0.0589. The van der Waals surface area contributed by atoms with Gasteiger partial charge in [-0.05, 0) is 197 Å². The average Bonchev–Trinajstić information content (AvgIpc) is 0.774. The van der Waals surface area contributed by atoms with E-state index in [1.54, 1.807) is 30.3 Å². The van der Waals surface area contributed by atoms with Crippen LogP contribution in [-0.2, 0) is 38.4 Å². The fraction of sp³-hybridized carbons (Fsp3) is 0.500. The third-order valence-corrected chi connectivity index (χ3v) is 26.2. The number of nitrogens with one attached hydrogen (secondary N) is 5. The smallest absolute Gasteiger partial charge is 0.252 e. The number of anilines is 2. The minimum atomic E-state index is -0.930. The predicted molar refractivity (Wildman–Crippen MR) is 517 cm³/mol. The normalized spacial score (nSPS) is 17.8. The summed E-state index contributed by atoms with van der Waals surface area (Å²) in [5.74, 6) is -1.92. The summed E-state index contributed by atoms with van der Waals surface area (Å²) in [4.78, 5) is 140. The number of ether oxygens (including phenoxy) is 2. The van der Waals surface area contributed by atoms with Gasteiger partial charge in [-0.2, -0.15) is 0 Å². The lowest BCUT2D eigenvalue weighted by molar-refractivity contribution is -0.137. The molecule has 14 rings (SSSR count). The lowest BCUT2D eigenvalue weighted by atomic mass is 9.93. The topological polar surface area (TPSA) is 275 Å². The Kier molecular flexibility index (Phi) is 38.3. The Bertz CT molecular complexity index is 5230. The third-order valence-electron chi connectivity index (χ3n) is 25.4. The van der Waals surface area contributed by atoms with E-state index in [4.69, 9.17) is 10.1 Å². The van der Waals surface area contributed by atoms with E-state index in [1.807, 2.05) is 113 Å². The van der Waals surface area contributed by atoms with E-state index < -0.39 is 47.6 Å². The van der Waals surface area contributed by atoms with Crippen molar-refractivity contribution < 1.29 is 56.6 Å². The van der Waals surface area contributed by atoms with Crippen molar-refractivity contribution in [3.05, 3.63) is 211 Å². The maximum absolute atomic E-state index is 14.7. The van der Waals surface area contributed by atoms with Gasteiger partial charge in [0.25, 0.3) is 11.1 Å². The molecule has 4 unspecified atom stereocenters. The summed E-state index contributed by atoms with van der Waals surface area (Å²) in [5, 5.41) is 16.3. The first-order valence-electron chi connectivity index (χ1n) is 46.5. The number of imide groups is 2. The largest absolute Gasteiger partial charge is 0.494 e. The van der Waals surface area contributed by atoms with Crippen LogP contribution in [0.5, 0.6) is 11.5 Å². The number of aryl methyl sites for hydroxylation is 4. The van der Waals surface area contributed by atoms with Crippen molar-refractivity contribution in [3.8, 4) is 11.5 Å². The molecule has 128 heavy (non-hydrogen) atoms. The zero-order chi connectivity index (χ0) is 91.7. The van der Waals surface area contributed by atoms with Gasteiger partial charge in [-0.25, -0.2) is 8.78 Å². The van der Waals surface area contributed by atoms with Crippen molar-refractivity contribution in [1.29, 1.82) is 0.594 Å². The quantitative estimate of drug-likeness (QED) is 0.0107. The number of pyridine rings is 2. The molecular formula is C100H128F2I2N12O12. The molecule has 5 N–H and O–H groups in total. The molecule has 4 aliphatic heterocycles. The maximum Gasteiger partial charge on any atom is 0.252 e. The number of unbranched alkanes of at least 4 members (excludes halogenated alkanes) is 10. The van der Waals surface area contributed by atoms with Gasteiger partial charge in [0.1, 0.15) is 47.9 Å². The summed E-state index contributed by atoms with van der Waals surface area (Å²) in [5.41, 5.74) is 6.56. The van der Waals surface area contributed by atoms with Crippen molar-refractivity contribution in [3.63, 3.8) is 0 Å². The van der Waals surface area contributed by atoms with Crippen LogP contribution in [0.1, 0.15) is 224 Å². The van der Waals surface area contributed by atoms with Gasteiger partial charge in [-0.3, -0.25) is 87.3 Å². The number of hydrogen-bond donors (Lipinski definition) is 5. The number of halogens is 4. The summed E-state index contributed by atoms with van der Waals surface area (Å²) in [6.45, 7) is 16.5. The standard InChI is InChI=1S/C50H63FN6O6.C27H35FN4O2.C23H29IN2O4.HI/c1-35-15-10-11-20-42(35)48(50(62)52-38-17-8-7-9-18-38)56(39-19-14-16-37(51)32-39)47(60)34-55-28-26-54(27-29-55)25-12-5-3-4-6-13-30-63-40-21-22-41-36(2)31-46(59)57(44(41)33-40)43-23-24-45(58)53-49(43)61;1-20-8-5-6-13-24(20)26(27(34)30-22-10-3-2-4-11-22)32(23-12-7-9-21(28)18-23)25(33)19-31-16-14-29-15-17-31;1-16-14-22(28)26(19-10-11-21(27)25-23(19)29)20-15-17(8-9-18(16)20)30-13-7-5-3-2-4-6-12-24;/h10-11,14-16,19-22,31-33,38,43,48H,3-9,12-13,17-18,23-30,34H2,1-2H3,(H,52,62)(H,53,58,61);5-9,12-13,18,22,26,29H,2-4,10-11,14-17,19H2,1H3,(H,30,34);8-9,14-15,19H,2-7,10-13H2,1H3,(H,25,27,29);1H/i/hD. The van der Waals surface area contributed by atoms with Crippen molar-refractivity contribution >= 4 is 127 Å². The number of piperidine rings is 2. The Morgan fingerprint density at radius 3 is 1.27 bits per heavy atom. The van der Waals surface area contributed by atoms with E-state index in [2.05, 4.69) is 63.9 Å². The monoisotopic (exact) mass is 1980 g/mol. The van der Waals surface area contributed by atoms with Crippen molar-refractivity contribution in [2.75, 3.05) is 99.4 Å². The Balaban J connectivity index is 0.000000205. The molecular weight excluding hydrogens is 1850 g/mol. The average molecular weight is 1980 g/mol. The Hall–Kier alpha value is -9.34. The van der Waals surface area contributed by atoms with Crippen LogP contribution in [0.2, 0.25) is 0 Å². The van der Waals surface area contributed by atoms with E-state index in [0.717, 1.165) is 212 Å². The van der Waals surface area contributed by atoms with E-state index in [-0.39, 0.29) is 91.0 Å². The Morgan fingerprint density at radius 2 is 0.859 bits per heavy atom. The molecule has 2 saturated carbocycles. The molecule has 4 saturated heterocycles. The number of alkyl halides is 1. The molecule has 6 aromatic carbocycles. The van der Waals surface area contributed by atoms with Gasteiger partial charge in [-0.1, -0.05) is 173 Å². The molecule has 8 amide bonds. The van der Waals surface area contributed by atoms with Crippen molar-refractivity contribution in [1.82, 2.24) is 50.4 Å². The number of piperazine rings is 2. The fourth-order valence-corrected chi connectivity index (χ4v) is 19.0. The minimum Gasteiger partial charge on any atom is -0.494 e. The molecule has 8 aromatic rings. The molecule has 6 fully saturated rings. The van der Waals surface area contributed by atoms with Crippen LogP contribution in [-0.4, -0.2) is 173 Å². The summed E-state index contributed by atoms with van der Waals surface area (Å²) in [7, 11) is 0. The van der Waals surface area contributed by atoms with Crippen LogP contribution in [0.25, 0.3) is 21.8 Å². The molecule has 688 valence electrons. The lowest BCUT2D eigenvalue weighted by Crippen LogP contribution is -2.53. The molecule has 28 heteroatoms. The highest BCUT2D eigenvalue weighted by molar-refractivity contribution is 14.1. The number of hydrogen-bond acceptors (Lipinski definition) is 16. The van der Waals surface area contributed by atoms with Gasteiger partial charge < -0.3 is 30.3 Å². The second-order valence-electron chi connectivity index (χ2n) is 34.8. The Morgan fingerprint density at radius 1 is 0.461 bits per heavy atom. The van der Waals surface area contributed by atoms with Crippen molar-refractivity contribution in [2.24, 2.45) is 0 Å². The fourth-order valence-electron chi connectivity index (χ4n) is 18.4. The summed E-state index contributed by atoms with van der Waals surface area (Å²) < 4.78 is 51.0. The highest BCUT2D eigenvalue weighted by Crippen LogP contribution is 2.36. The summed E-state index contributed by atoms with van der Waals surface area (Å²) in [6, 6.07) is 38.7. The third kappa shape index (κ3) is 27.9. The van der Waals surface area contributed by atoms with E-state index in [1.165, 1.54) is 110 Å². The Labute approximate surface area is 782 Å². The molecule has 0 radical (unpaired) electrons. The van der Waals surface area contributed by atoms with E-state index in [0.29, 0.717) is 53.5 Å². The molecule has 2 aliphatic carbocycles. The van der Waals surface area contributed by atoms with Crippen LogP contribution in [0.3, 0.4) is 0 Å². The van der Waals surface area contributed by atoms with Crippen LogP contribution < -0.4 is 57.0 Å². The predicted octanol–water partition coefficient (Wildman–Crippen LogP) is 15.9. The molecule has 4 atom stereocenters. The first-order valence-corrected chi connectivity index (χ1v) is 47.7. The molecule has 0 bridgehead atoms. The van der Waals surface area contributed by atoms with Gasteiger partial charge in [0.15, 0.2) is 0 Å². The second-order valence-corrected chi connectivity index (χ2v) is 35.9. The van der Waals surface area contributed by atoms with Gasteiger partial charge >= 0.3 is 0 Å². The van der Waals surface area contributed by atoms with Crippen LogP contribution >= 0.6 is 46.4 Å².